The molecular formula is C18H28N4. The summed E-state index contributed by atoms with van der Waals surface area (Å²) in [6.07, 6.45) is 3.04. The average Bonchev–Trinajstić information content (AvgIpc) is 2.79. The van der Waals surface area contributed by atoms with E-state index in [0.29, 0.717) is 0 Å². The zero-order valence-electron chi connectivity index (χ0n) is 14.4. The van der Waals surface area contributed by atoms with Crippen LogP contribution in [0.1, 0.15) is 38.8 Å². The Morgan fingerprint density at radius 3 is 2.73 bits per heavy atom. The van der Waals surface area contributed by atoms with Gasteiger partial charge in [-0.1, -0.05) is 12.1 Å². The van der Waals surface area contributed by atoms with Crippen molar-refractivity contribution in [1.82, 2.24) is 15.6 Å². The zero-order chi connectivity index (χ0) is 16.2. The van der Waals surface area contributed by atoms with Gasteiger partial charge in [-0.3, -0.25) is 4.99 Å². The summed E-state index contributed by atoms with van der Waals surface area (Å²) in [5.41, 5.74) is 3.83. The first-order chi connectivity index (χ1) is 10.4. The minimum Gasteiger partial charge on any atom is -0.361 e. The average molecular weight is 300 g/mol. The quantitative estimate of drug-likeness (QED) is 0.599. The highest BCUT2D eigenvalue weighted by atomic mass is 15.2. The summed E-state index contributed by atoms with van der Waals surface area (Å²) < 4.78 is 0. The number of nitrogens with one attached hydrogen (secondary N) is 3. The first-order valence-corrected chi connectivity index (χ1v) is 8.02. The Hall–Kier alpha value is -1.97. The van der Waals surface area contributed by atoms with Gasteiger partial charge in [0.1, 0.15) is 0 Å². The van der Waals surface area contributed by atoms with E-state index in [4.69, 9.17) is 0 Å². The van der Waals surface area contributed by atoms with Crippen molar-refractivity contribution in [2.75, 3.05) is 13.1 Å². The molecule has 0 aliphatic heterocycles. The second-order valence-electron chi connectivity index (χ2n) is 6.75. The van der Waals surface area contributed by atoms with E-state index < -0.39 is 0 Å². The molecule has 22 heavy (non-hydrogen) atoms. The molecule has 0 fully saturated rings. The van der Waals surface area contributed by atoms with Crippen LogP contribution in [-0.2, 0) is 6.42 Å². The monoisotopic (exact) mass is 300 g/mol. The highest BCUT2D eigenvalue weighted by molar-refractivity contribution is 5.84. The molecule has 0 amide bonds. The van der Waals surface area contributed by atoms with Gasteiger partial charge in [-0.15, -0.1) is 0 Å². The Bertz CT molecular complexity index is 647. The van der Waals surface area contributed by atoms with Gasteiger partial charge in [0.05, 0.1) is 0 Å². The molecule has 2 rings (SSSR count). The number of aryl methyl sites for hydroxylation is 1. The summed E-state index contributed by atoms with van der Waals surface area (Å²) in [6.45, 7) is 12.3. The zero-order valence-corrected chi connectivity index (χ0v) is 14.4. The number of guanidine groups is 1. The molecule has 4 heteroatoms. The number of aromatic nitrogens is 1. The molecular weight excluding hydrogens is 272 g/mol. The third kappa shape index (κ3) is 4.52. The SMILES string of the molecule is CCNC(=NCCc1c[nH]c2cc(C)ccc12)NC(C)(C)C. The summed E-state index contributed by atoms with van der Waals surface area (Å²) in [6, 6.07) is 6.54. The fourth-order valence-electron chi connectivity index (χ4n) is 2.46. The van der Waals surface area contributed by atoms with Crippen molar-refractivity contribution in [3.8, 4) is 0 Å². The van der Waals surface area contributed by atoms with E-state index in [2.05, 4.69) is 79.6 Å². The molecule has 1 heterocycles. The molecule has 120 valence electrons. The maximum Gasteiger partial charge on any atom is 0.191 e. The largest absolute Gasteiger partial charge is 0.361 e. The van der Waals surface area contributed by atoms with Crippen LogP contribution in [0.3, 0.4) is 0 Å². The van der Waals surface area contributed by atoms with Crippen LogP contribution in [0.5, 0.6) is 0 Å². The lowest BCUT2D eigenvalue weighted by molar-refractivity contribution is 0.501. The predicted molar refractivity (Wildman–Crippen MR) is 95.6 cm³/mol. The van der Waals surface area contributed by atoms with Gasteiger partial charge in [-0.2, -0.15) is 0 Å². The number of aliphatic imine (C=N–C) groups is 1. The van der Waals surface area contributed by atoms with Gasteiger partial charge < -0.3 is 15.6 Å². The van der Waals surface area contributed by atoms with E-state index in [1.165, 1.54) is 22.0 Å². The van der Waals surface area contributed by atoms with Crippen LogP contribution in [0, 0.1) is 6.92 Å². The van der Waals surface area contributed by atoms with Crippen LogP contribution in [-0.4, -0.2) is 29.6 Å². The second-order valence-corrected chi connectivity index (χ2v) is 6.75. The van der Waals surface area contributed by atoms with Crippen molar-refractivity contribution in [3.63, 3.8) is 0 Å². The highest BCUT2D eigenvalue weighted by Crippen LogP contribution is 2.19. The maximum absolute atomic E-state index is 4.68. The Balaban J connectivity index is 2.05. The second kappa shape index (κ2) is 6.86. The number of hydrogen-bond acceptors (Lipinski definition) is 1. The molecule has 0 aliphatic rings. The van der Waals surface area contributed by atoms with E-state index in [0.717, 1.165) is 25.5 Å². The molecule has 2 aromatic rings. The molecule has 1 aromatic heterocycles. The molecule has 0 radical (unpaired) electrons. The van der Waals surface area contributed by atoms with Crippen LogP contribution in [0.4, 0.5) is 0 Å². The van der Waals surface area contributed by atoms with E-state index in [9.17, 15) is 0 Å². The molecule has 0 saturated carbocycles. The van der Waals surface area contributed by atoms with Crippen molar-refractivity contribution >= 4 is 16.9 Å². The third-order valence-corrected chi connectivity index (χ3v) is 3.41. The Morgan fingerprint density at radius 2 is 2.05 bits per heavy atom. The number of benzene rings is 1. The minimum atomic E-state index is 0.0132. The molecule has 0 atom stereocenters. The van der Waals surface area contributed by atoms with Gasteiger partial charge >= 0.3 is 0 Å². The van der Waals surface area contributed by atoms with Crippen LogP contribution in [0.25, 0.3) is 10.9 Å². The number of nitrogens with zero attached hydrogens (tertiary/aromatic N) is 1. The summed E-state index contributed by atoms with van der Waals surface area (Å²) in [5, 5.41) is 8.01. The van der Waals surface area contributed by atoms with Crippen LogP contribution in [0.15, 0.2) is 29.4 Å². The number of fused-ring (bicyclic) bond motifs is 1. The Labute approximate surface area is 133 Å². The summed E-state index contributed by atoms with van der Waals surface area (Å²) in [5.74, 6) is 0.880. The fraction of sp³-hybridized carbons (Fsp3) is 0.500. The standard InChI is InChI=1S/C18H28N4/c1-6-19-17(22-18(3,4)5)20-10-9-14-12-21-16-11-13(2)7-8-15(14)16/h7-8,11-12,21H,6,9-10H2,1-5H3,(H2,19,20,22). The number of rotatable bonds is 4. The molecule has 0 bridgehead atoms. The topological polar surface area (TPSA) is 52.2 Å². The predicted octanol–water partition coefficient (Wildman–Crippen LogP) is 3.37. The number of H-pyrrole nitrogens is 1. The van der Waals surface area contributed by atoms with Crippen LogP contribution >= 0.6 is 0 Å². The molecule has 0 spiro atoms. The molecule has 0 saturated heterocycles. The lowest BCUT2D eigenvalue weighted by Gasteiger charge is -2.23. The Kier molecular flexibility index (Phi) is 5.11. The fourth-order valence-corrected chi connectivity index (χ4v) is 2.46. The molecule has 0 unspecified atom stereocenters. The van der Waals surface area contributed by atoms with Gasteiger partial charge in [-0.05, 0) is 58.2 Å². The minimum absolute atomic E-state index is 0.0132. The van der Waals surface area contributed by atoms with Gasteiger partial charge in [0, 0.05) is 35.7 Å². The summed E-state index contributed by atoms with van der Waals surface area (Å²) in [7, 11) is 0. The normalized spacial score (nSPS) is 12.7. The first-order valence-electron chi connectivity index (χ1n) is 8.02. The first kappa shape index (κ1) is 16.4. The van der Waals surface area contributed by atoms with E-state index in [1.54, 1.807) is 0 Å². The van der Waals surface area contributed by atoms with Gasteiger partial charge in [0.2, 0.25) is 0 Å². The van der Waals surface area contributed by atoms with Crippen molar-refractivity contribution in [1.29, 1.82) is 0 Å². The van der Waals surface area contributed by atoms with E-state index in [1.807, 2.05) is 0 Å². The summed E-state index contributed by atoms with van der Waals surface area (Å²) >= 11 is 0. The third-order valence-electron chi connectivity index (χ3n) is 3.41. The van der Waals surface area contributed by atoms with Gasteiger partial charge in [0.25, 0.3) is 0 Å². The Morgan fingerprint density at radius 1 is 1.27 bits per heavy atom. The van der Waals surface area contributed by atoms with Crippen molar-refractivity contribution in [2.24, 2.45) is 4.99 Å². The molecule has 1 aromatic carbocycles. The van der Waals surface area contributed by atoms with Gasteiger partial charge in [0.15, 0.2) is 5.96 Å². The van der Waals surface area contributed by atoms with Crippen LogP contribution in [0.2, 0.25) is 0 Å². The van der Waals surface area contributed by atoms with E-state index >= 15 is 0 Å². The highest BCUT2D eigenvalue weighted by Gasteiger charge is 2.11. The van der Waals surface area contributed by atoms with Crippen molar-refractivity contribution in [2.45, 2.75) is 46.6 Å². The maximum atomic E-state index is 4.68. The van der Waals surface area contributed by atoms with Crippen LogP contribution < -0.4 is 10.6 Å². The van der Waals surface area contributed by atoms with E-state index in [-0.39, 0.29) is 5.54 Å². The van der Waals surface area contributed by atoms with Crippen molar-refractivity contribution in [3.05, 3.63) is 35.5 Å². The molecule has 4 nitrogen and oxygen atoms in total. The lowest BCUT2D eigenvalue weighted by atomic mass is 10.1. The van der Waals surface area contributed by atoms with Crippen molar-refractivity contribution < 1.29 is 0 Å². The lowest BCUT2D eigenvalue weighted by Crippen LogP contribution is -2.47. The molecule has 3 N–H and O–H groups in total. The van der Waals surface area contributed by atoms with Gasteiger partial charge in [-0.25, -0.2) is 0 Å². The number of aromatic amines is 1. The molecule has 0 aliphatic carbocycles. The smallest absolute Gasteiger partial charge is 0.191 e. The summed E-state index contributed by atoms with van der Waals surface area (Å²) in [4.78, 5) is 8.03. The number of hydrogen-bond donors (Lipinski definition) is 3.